The van der Waals surface area contributed by atoms with Crippen LogP contribution in [0.2, 0.25) is 0 Å². The molecule has 7 nitrogen and oxygen atoms in total. The molecule has 0 spiro atoms. The quantitative estimate of drug-likeness (QED) is 0.851. The number of carboxylic acid groups (broad SMARTS) is 1. The molecular weight excluding hydrogens is 322 g/mol. The van der Waals surface area contributed by atoms with Crippen molar-refractivity contribution in [3.05, 3.63) is 18.2 Å². The van der Waals surface area contributed by atoms with E-state index >= 15 is 0 Å². The van der Waals surface area contributed by atoms with Crippen LogP contribution in [0.15, 0.2) is 12.4 Å². The van der Waals surface area contributed by atoms with Gasteiger partial charge in [-0.25, -0.2) is 4.98 Å². The summed E-state index contributed by atoms with van der Waals surface area (Å²) < 4.78 is 7.90. The van der Waals surface area contributed by atoms with Crippen LogP contribution in [-0.4, -0.2) is 50.6 Å². The molecule has 3 rings (SSSR count). The number of imidazole rings is 1. The highest BCUT2D eigenvalue weighted by Crippen LogP contribution is 2.36. The number of ether oxygens (including phenoxy) is 1. The van der Waals surface area contributed by atoms with Gasteiger partial charge in [0.05, 0.1) is 5.92 Å². The van der Waals surface area contributed by atoms with Crippen LogP contribution in [0.1, 0.15) is 57.4 Å². The fraction of sp³-hybridized carbons (Fsp3) is 0.722. The van der Waals surface area contributed by atoms with Crippen LogP contribution < -0.4 is 0 Å². The van der Waals surface area contributed by atoms with Crippen LogP contribution in [0, 0.1) is 5.92 Å². The fourth-order valence-electron chi connectivity index (χ4n) is 4.04. The van der Waals surface area contributed by atoms with Crippen LogP contribution >= 0.6 is 0 Å². The van der Waals surface area contributed by atoms with Crippen LogP contribution in [0.3, 0.4) is 0 Å². The largest absolute Gasteiger partial charge is 0.481 e. The van der Waals surface area contributed by atoms with Gasteiger partial charge in [0.15, 0.2) is 0 Å². The number of carbonyl (C=O) groups excluding carboxylic acids is 1. The highest BCUT2D eigenvalue weighted by atomic mass is 16.5. The lowest BCUT2D eigenvalue weighted by molar-refractivity contribution is -0.143. The molecular formula is C18H27N3O4. The monoisotopic (exact) mass is 349 g/mol. The summed E-state index contributed by atoms with van der Waals surface area (Å²) in [5.74, 6) is -0.108. The molecule has 0 aromatic carbocycles. The van der Waals surface area contributed by atoms with Crippen molar-refractivity contribution >= 4 is 11.9 Å². The van der Waals surface area contributed by atoms with E-state index in [-0.39, 0.29) is 30.4 Å². The molecule has 1 aromatic heterocycles. The van der Waals surface area contributed by atoms with Crippen LogP contribution in [-0.2, 0) is 20.9 Å². The predicted octanol–water partition coefficient (Wildman–Crippen LogP) is 2.23. The zero-order chi connectivity index (χ0) is 17.8. The number of aliphatic carboxylic acids is 1. The van der Waals surface area contributed by atoms with Gasteiger partial charge in [-0.2, -0.15) is 0 Å². The average Bonchev–Trinajstić information content (AvgIpc) is 3.27. The summed E-state index contributed by atoms with van der Waals surface area (Å²) in [6.07, 6.45) is 7.62. The van der Waals surface area contributed by atoms with Gasteiger partial charge in [0.1, 0.15) is 11.9 Å². The van der Waals surface area contributed by atoms with Gasteiger partial charge >= 0.3 is 5.97 Å². The maximum Gasteiger partial charge on any atom is 0.303 e. The second kappa shape index (κ2) is 7.99. The molecule has 0 radical (unpaired) electrons. The Morgan fingerprint density at radius 2 is 2.20 bits per heavy atom. The number of rotatable bonds is 6. The Morgan fingerprint density at radius 1 is 1.36 bits per heavy atom. The summed E-state index contributed by atoms with van der Waals surface area (Å²) in [6.45, 7) is 4.12. The van der Waals surface area contributed by atoms with E-state index in [1.54, 1.807) is 6.20 Å². The third-order valence-electron chi connectivity index (χ3n) is 5.35. The van der Waals surface area contributed by atoms with Crippen LogP contribution in [0.5, 0.6) is 0 Å². The molecule has 1 aromatic rings. The summed E-state index contributed by atoms with van der Waals surface area (Å²) in [6, 6.07) is 0.0320. The summed E-state index contributed by atoms with van der Waals surface area (Å²) in [5.41, 5.74) is 0. The lowest BCUT2D eigenvalue weighted by atomic mass is 9.93. The number of aryl methyl sites for hydroxylation is 1. The molecule has 138 valence electrons. The zero-order valence-corrected chi connectivity index (χ0v) is 14.8. The smallest absolute Gasteiger partial charge is 0.303 e. The second-order valence-corrected chi connectivity index (χ2v) is 6.87. The first-order valence-corrected chi connectivity index (χ1v) is 9.26. The Labute approximate surface area is 148 Å². The summed E-state index contributed by atoms with van der Waals surface area (Å²) in [4.78, 5) is 30.5. The zero-order valence-electron chi connectivity index (χ0n) is 14.8. The van der Waals surface area contributed by atoms with Crippen LogP contribution in [0.25, 0.3) is 0 Å². The Bertz CT molecular complexity index is 615. The van der Waals surface area contributed by atoms with E-state index < -0.39 is 5.97 Å². The Hall–Kier alpha value is -1.89. The van der Waals surface area contributed by atoms with Gasteiger partial charge in [-0.15, -0.1) is 0 Å². The first-order valence-electron chi connectivity index (χ1n) is 9.26. The number of amides is 1. The van der Waals surface area contributed by atoms with Crippen molar-refractivity contribution in [1.82, 2.24) is 14.5 Å². The van der Waals surface area contributed by atoms with Crippen molar-refractivity contribution < 1.29 is 19.4 Å². The third kappa shape index (κ3) is 3.86. The maximum atomic E-state index is 13.2. The first-order chi connectivity index (χ1) is 12.1. The van der Waals surface area contributed by atoms with Crippen molar-refractivity contribution in [2.45, 2.75) is 64.1 Å². The summed E-state index contributed by atoms with van der Waals surface area (Å²) >= 11 is 0. The van der Waals surface area contributed by atoms with Gasteiger partial charge in [0, 0.05) is 44.6 Å². The van der Waals surface area contributed by atoms with Crippen molar-refractivity contribution in [3.63, 3.8) is 0 Å². The molecule has 3 heterocycles. The Balaban J connectivity index is 1.74. The van der Waals surface area contributed by atoms with Gasteiger partial charge in [0.25, 0.3) is 0 Å². The molecule has 3 atom stereocenters. The topological polar surface area (TPSA) is 84.7 Å². The highest BCUT2D eigenvalue weighted by Gasteiger charge is 2.41. The first kappa shape index (κ1) is 17.9. The van der Waals surface area contributed by atoms with Crippen LogP contribution in [0.4, 0.5) is 0 Å². The molecule has 2 aliphatic heterocycles. The number of nitrogens with zero attached hydrogens (tertiary/aromatic N) is 3. The summed E-state index contributed by atoms with van der Waals surface area (Å²) in [5, 5.41) is 8.97. The molecule has 2 aliphatic rings. The Morgan fingerprint density at radius 3 is 2.96 bits per heavy atom. The number of carbonyl (C=O) groups is 2. The summed E-state index contributed by atoms with van der Waals surface area (Å²) in [7, 11) is 0. The number of hydrogen-bond acceptors (Lipinski definition) is 4. The normalized spacial score (nSPS) is 26.8. The molecule has 1 amide bonds. The SMILES string of the molecule is CCn1ccnc1[C@@H]1OCC[C@H]1C(=O)N1CCCCC1CCC(=O)O. The van der Waals surface area contributed by atoms with E-state index in [9.17, 15) is 9.59 Å². The third-order valence-corrected chi connectivity index (χ3v) is 5.35. The van der Waals surface area contributed by atoms with Gasteiger partial charge in [-0.05, 0) is 39.0 Å². The fourth-order valence-corrected chi connectivity index (χ4v) is 4.04. The molecule has 0 aliphatic carbocycles. The lowest BCUT2D eigenvalue weighted by Crippen LogP contribution is -2.47. The second-order valence-electron chi connectivity index (χ2n) is 6.87. The van der Waals surface area contributed by atoms with E-state index in [0.717, 1.165) is 31.6 Å². The molecule has 25 heavy (non-hydrogen) atoms. The van der Waals surface area contributed by atoms with E-state index in [1.807, 2.05) is 22.6 Å². The number of likely N-dealkylation sites (tertiary alicyclic amines) is 1. The number of piperidine rings is 1. The van der Waals surface area contributed by atoms with Crippen molar-refractivity contribution in [3.8, 4) is 0 Å². The van der Waals surface area contributed by atoms with Crippen molar-refractivity contribution in [2.75, 3.05) is 13.2 Å². The number of hydrogen-bond donors (Lipinski definition) is 1. The Kier molecular flexibility index (Phi) is 5.73. The molecule has 2 fully saturated rings. The minimum Gasteiger partial charge on any atom is -0.481 e. The van der Waals surface area contributed by atoms with Crippen molar-refractivity contribution in [1.29, 1.82) is 0 Å². The molecule has 1 unspecified atom stereocenters. The molecule has 7 heteroatoms. The van der Waals surface area contributed by atoms with E-state index in [1.165, 1.54) is 0 Å². The number of aromatic nitrogens is 2. The van der Waals surface area contributed by atoms with Crippen molar-refractivity contribution in [2.24, 2.45) is 5.92 Å². The molecule has 0 bridgehead atoms. The molecule has 2 saturated heterocycles. The van der Waals surface area contributed by atoms with Gasteiger partial charge in [-0.3, -0.25) is 9.59 Å². The number of carboxylic acids is 1. The maximum absolute atomic E-state index is 13.2. The molecule has 1 N–H and O–H groups in total. The van der Waals surface area contributed by atoms with Gasteiger partial charge in [0.2, 0.25) is 5.91 Å². The van der Waals surface area contributed by atoms with Gasteiger partial charge in [-0.1, -0.05) is 0 Å². The lowest BCUT2D eigenvalue weighted by Gasteiger charge is -2.38. The standard InChI is InChI=1S/C18H27N3O4/c1-2-20-11-9-19-17(20)16-14(8-12-25-16)18(24)21-10-4-3-5-13(21)6-7-15(22)23/h9,11,13-14,16H,2-8,10,12H2,1H3,(H,22,23)/t13?,14-,16-/m1/s1. The minimum absolute atomic E-state index is 0.0320. The average molecular weight is 349 g/mol. The predicted molar refractivity (Wildman–Crippen MR) is 90.9 cm³/mol. The minimum atomic E-state index is -0.801. The highest BCUT2D eigenvalue weighted by molar-refractivity contribution is 5.80. The molecule has 0 saturated carbocycles. The van der Waals surface area contributed by atoms with E-state index in [0.29, 0.717) is 26.0 Å². The van der Waals surface area contributed by atoms with E-state index in [2.05, 4.69) is 4.98 Å². The van der Waals surface area contributed by atoms with Gasteiger partial charge < -0.3 is 19.3 Å². The van der Waals surface area contributed by atoms with E-state index in [4.69, 9.17) is 9.84 Å².